The lowest BCUT2D eigenvalue weighted by Crippen LogP contribution is -2.40. The summed E-state index contributed by atoms with van der Waals surface area (Å²) in [6.07, 6.45) is 13.7. The van der Waals surface area contributed by atoms with Gasteiger partial charge in [0.2, 0.25) is 0 Å². The number of nitrogens with zero attached hydrogens (tertiary/aromatic N) is 4. The fourth-order valence-corrected chi connectivity index (χ4v) is 16.9. The maximum atomic E-state index is 12.3. The molecule has 4 aromatic heterocycles. The van der Waals surface area contributed by atoms with E-state index in [-0.39, 0.29) is 30.4 Å². The first-order valence-electron chi connectivity index (χ1n) is 30.6. The van der Waals surface area contributed by atoms with Gasteiger partial charge in [-0.05, 0) is 193 Å². The van der Waals surface area contributed by atoms with Crippen LogP contribution in [0.2, 0.25) is 20.1 Å². The Morgan fingerprint density at radius 1 is 0.618 bits per heavy atom. The number of anilines is 1. The molecule has 3 N–H and O–H groups in total. The van der Waals surface area contributed by atoms with Crippen LogP contribution < -0.4 is 20.5 Å². The molecule has 6 aliphatic rings. The summed E-state index contributed by atoms with van der Waals surface area (Å²) in [7, 11) is 2.74. The van der Waals surface area contributed by atoms with E-state index in [9.17, 15) is 9.59 Å². The number of nitrogens with one attached hydrogen (secondary N) is 1. The third kappa shape index (κ3) is 14.3. The van der Waals surface area contributed by atoms with Crippen LogP contribution in [0.25, 0.3) is 42.9 Å². The van der Waals surface area contributed by atoms with Crippen molar-refractivity contribution in [2.45, 2.75) is 166 Å². The van der Waals surface area contributed by atoms with Gasteiger partial charge in [-0.1, -0.05) is 80.2 Å². The number of methoxy groups -OCH3 is 2. The van der Waals surface area contributed by atoms with Gasteiger partial charge in [-0.15, -0.1) is 11.3 Å². The molecule has 0 amide bonds. The van der Waals surface area contributed by atoms with Crippen molar-refractivity contribution in [3.05, 3.63) is 118 Å². The molecule has 0 radical (unpaired) electrons. The molecule has 23 heteroatoms. The molecular formula is C66H71BrCl4N6O10S2. The number of esters is 2. The zero-order chi connectivity index (χ0) is 62.4. The lowest BCUT2D eigenvalue weighted by molar-refractivity contribution is -0.00649. The number of benzene rings is 4. The fourth-order valence-electron chi connectivity index (χ4n) is 13.3. The Kier molecular flexibility index (Phi) is 19.9. The molecule has 6 saturated carbocycles. The highest BCUT2D eigenvalue weighted by Gasteiger charge is 2.45. The molecule has 89 heavy (non-hydrogen) atoms. The van der Waals surface area contributed by atoms with Crippen LogP contribution in [0.3, 0.4) is 0 Å². The highest BCUT2D eigenvalue weighted by molar-refractivity contribution is 9.11. The second-order valence-electron chi connectivity index (χ2n) is 24.7. The van der Waals surface area contributed by atoms with Gasteiger partial charge >= 0.3 is 11.9 Å². The SMILES string of the molecule is COC(=O)c1cc(OC(C)C)c2nc(Br)sc2c1.COC(=O)c1cc(OC(C)C)c2nc(NC3C4CCC3CC(OCc3c(-c5c(Cl)cccc5Cl)noc3C3CC3)C4)sc2c1.NC1C2CCC1CC(OCc1c(-c3c(Cl)cccc3Cl)noc1C1CC1)C2. The molecule has 4 heterocycles. The van der Waals surface area contributed by atoms with Crippen molar-refractivity contribution in [3.8, 4) is 34.0 Å². The van der Waals surface area contributed by atoms with Crippen molar-refractivity contribution in [1.82, 2.24) is 20.3 Å². The third-order valence-corrected chi connectivity index (χ3v) is 21.4. The first-order valence-corrected chi connectivity index (χ1v) is 34.5. The Morgan fingerprint density at radius 3 is 1.46 bits per heavy atom. The van der Waals surface area contributed by atoms with Gasteiger partial charge in [0.15, 0.2) is 9.05 Å². The Hall–Kier alpha value is -5.06. The first kappa shape index (κ1) is 64.1. The third-order valence-electron chi connectivity index (χ3n) is 17.8. The number of ether oxygens (including phenoxy) is 6. The van der Waals surface area contributed by atoms with E-state index >= 15 is 0 Å². The van der Waals surface area contributed by atoms with Crippen LogP contribution in [0.5, 0.6) is 11.5 Å². The molecule has 0 saturated heterocycles. The van der Waals surface area contributed by atoms with Crippen LogP contribution in [-0.4, -0.2) is 82.9 Å². The largest absolute Gasteiger partial charge is 0.489 e. The number of thiazole rings is 2. The van der Waals surface area contributed by atoms with E-state index in [1.54, 1.807) is 29.5 Å². The Morgan fingerprint density at radius 2 is 1.03 bits per heavy atom. The number of nitrogens with two attached hydrogens (primary N) is 1. The van der Waals surface area contributed by atoms with Crippen LogP contribution in [0.15, 0.2) is 73.6 Å². The summed E-state index contributed by atoms with van der Waals surface area (Å²) in [6, 6.07) is 18.7. The van der Waals surface area contributed by atoms with Crippen molar-refractivity contribution < 1.29 is 47.1 Å². The summed E-state index contributed by atoms with van der Waals surface area (Å²) in [5.74, 6) is 5.27. The summed E-state index contributed by atoms with van der Waals surface area (Å²) >= 11 is 32.3. The summed E-state index contributed by atoms with van der Waals surface area (Å²) in [6.45, 7) is 8.70. The molecule has 6 aliphatic carbocycles. The standard InChI is InChI=1S/C33H35Cl2N3O5S.C21H24Cl2N2O2.C12H12BrNO3S/c1-16(2)42-25-13-20(32(39)40-3)14-26-30(25)37-33(44-26)36-28-18-9-10-19(28)12-21(11-18)41-15-22-29(38-43-31(22)17-7-8-17)27-23(34)5-4-6-24(27)35;22-16-2-1-3-17(23)18(16)20-15(21(27-25-20)11-4-5-11)10-26-14-8-12-6-7-13(9-14)19(12)24;1-6(2)17-8-4-7(11(15)16-3)5-9-10(8)14-12(13)18-9/h4-6,13-14,16-19,21,28H,7-12,15H2,1-3H3,(H,36,37);1-3,11-14,19H,4-10,24H2;4-6H,1-3H3. The minimum atomic E-state index is -0.391. The van der Waals surface area contributed by atoms with Crippen LogP contribution >= 0.6 is 85.0 Å². The molecule has 8 aromatic rings. The second kappa shape index (κ2) is 27.6. The van der Waals surface area contributed by atoms with Gasteiger partial charge in [0, 0.05) is 46.2 Å². The van der Waals surface area contributed by atoms with Gasteiger partial charge in [-0.3, -0.25) is 0 Å². The van der Waals surface area contributed by atoms with E-state index in [4.69, 9.17) is 94.6 Å². The van der Waals surface area contributed by atoms with Crippen molar-refractivity contribution in [3.63, 3.8) is 0 Å². The summed E-state index contributed by atoms with van der Waals surface area (Å²) in [5, 5.41) is 15.7. The van der Waals surface area contributed by atoms with E-state index < -0.39 is 5.97 Å². The number of aromatic nitrogens is 4. The zero-order valence-corrected chi connectivity index (χ0v) is 56.5. The fraction of sp³-hybridized carbons (Fsp3) is 0.485. The topological polar surface area (TPSA) is 205 Å². The predicted molar refractivity (Wildman–Crippen MR) is 352 cm³/mol. The molecular weight excluding hydrogens is 1320 g/mol. The van der Waals surface area contributed by atoms with Crippen LogP contribution in [-0.2, 0) is 32.2 Å². The molecule has 472 valence electrons. The lowest BCUT2D eigenvalue weighted by Gasteiger charge is -2.35. The highest BCUT2D eigenvalue weighted by Crippen LogP contribution is 2.51. The van der Waals surface area contributed by atoms with E-state index in [0.717, 1.165) is 128 Å². The smallest absolute Gasteiger partial charge is 0.338 e. The molecule has 16 nitrogen and oxygen atoms in total. The molecule has 0 spiro atoms. The maximum Gasteiger partial charge on any atom is 0.338 e. The highest BCUT2D eigenvalue weighted by atomic mass is 79.9. The molecule has 4 atom stereocenters. The molecule has 6 fully saturated rings. The Bertz CT molecular complexity index is 3820. The number of hydrogen-bond donors (Lipinski definition) is 2. The lowest BCUT2D eigenvalue weighted by atomic mass is 9.82. The summed E-state index contributed by atoms with van der Waals surface area (Å²) in [4.78, 5) is 33.2. The molecule has 4 bridgehead atoms. The minimum absolute atomic E-state index is 0.0153. The Labute approximate surface area is 553 Å². The zero-order valence-electron chi connectivity index (χ0n) is 50.3. The maximum absolute atomic E-state index is 12.3. The molecule has 14 rings (SSSR count). The molecule has 4 aromatic carbocycles. The number of carbonyl (C=O) groups is 2. The van der Waals surface area contributed by atoms with Crippen LogP contribution in [0.4, 0.5) is 5.13 Å². The minimum Gasteiger partial charge on any atom is -0.489 e. The van der Waals surface area contributed by atoms with E-state index in [0.29, 0.717) is 115 Å². The van der Waals surface area contributed by atoms with Gasteiger partial charge in [0.25, 0.3) is 0 Å². The summed E-state index contributed by atoms with van der Waals surface area (Å²) < 4.78 is 48.5. The second-order valence-corrected chi connectivity index (χ2v) is 29.7. The molecule has 4 unspecified atom stereocenters. The van der Waals surface area contributed by atoms with Crippen molar-refractivity contribution in [2.75, 3.05) is 19.5 Å². The van der Waals surface area contributed by atoms with Gasteiger partial charge in [-0.2, -0.15) is 0 Å². The normalized spacial score (nSPS) is 22.7. The number of fused-ring (bicyclic) bond motifs is 6. The van der Waals surface area contributed by atoms with E-state index in [1.807, 2.05) is 70.2 Å². The van der Waals surface area contributed by atoms with Crippen LogP contribution in [0.1, 0.15) is 160 Å². The molecule has 0 aliphatic heterocycles. The average Bonchev–Trinajstić information content (AvgIpc) is 2.05. The van der Waals surface area contributed by atoms with Gasteiger partial charge in [0.05, 0.1) is 92.5 Å². The summed E-state index contributed by atoms with van der Waals surface area (Å²) in [5.41, 5.74) is 13.6. The number of rotatable bonds is 18. The quantitative estimate of drug-likeness (QED) is 0.0766. The first-order chi connectivity index (χ1) is 42.9. The van der Waals surface area contributed by atoms with Crippen molar-refractivity contribution >= 4 is 123 Å². The predicted octanol–water partition coefficient (Wildman–Crippen LogP) is 18.1. The van der Waals surface area contributed by atoms with Gasteiger partial charge in [-0.25, -0.2) is 19.6 Å². The number of carbonyl (C=O) groups excluding carboxylic acids is 2. The van der Waals surface area contributed by atoms with Gasteiger partial charge < -0.3 is 48.5 Å². The van der Waals surface area contributed by atoms with Crippen molar-refractivity contribution in [1.29, 1.82) is 0 Å². The van der Waals surface area contributed by atoms with Crippen molar-refractivity contribution in [2.24, 2.45) is 29.4 Å². The van der Waals surface area contributed by atoms with Gasteiger partial charge in [0.1, 0.15) is 45.4 Å². The van der Waals surface area contributed by atoms with Crippen LogP contribution in [0, 0.1) is 23.7 Å². The number of halogens is 5. The average molecular weight is 1390 g/mol. The Balaban J connectivity index is 0.000000145. The number of hydrogen-bond acceptors (Lipinski definition) is 18. The van der Waals surface area contributed by atoms with E-state index in [2.05, 4.69) is 36.5 Å². The monoisotopic (exact) mass is 1390 g/mol. The van der Waals surface area contributed by atoms with E-state index in [1.165, 1.54) is 38.4 Å².